The molecule has 5 heteroatoms. The first-order valence-corrected chi connectivity index (χ1v) is 8.45. The van der Waals surface area contributed by atoms with Crippen molar-refractivity contribution in [2.75, 3.05) is 0 Å². The van der Waals surface area contributed by atoms with Gasteiger partial charge in [-0.2, -0.15) is 5.10 Å². The third-order valence-corrected chi connectivity index (χ3v) is 4.37. The lowest BCUT2D eigenvalue weighted by atomic mass is 9.90. The summed E-state index contributed by atoms with van der Waals surface area (Å²) < 4.78 is 0. The minimum atomic E-state index is 0.373. The highest BCUT2D eigenvalue weighted by Crippen LogP contribution is 2.22. The Balaban J connectivity index is 2.46. The van der Waals surface area contributed by atoms with E-state index < -0.39 is 0 Å². The van der Waals surface area contributed by atoms with Gasteiger partial charge in [-0.1, -0.05) is 57.8 Å². The van der Waals surface area contributed by atoms with E-state index in [-0.39, 0.29) is 0 Å². The Morgan fingerprint density at radius 3 is 1.85 bits per heavy atom. The predicted molar refractivity (Wildman–Crippen MR) is 90.4 cm³/mol. The van der Waals surface area contributed by atoms with Gasteiger partial charge in [0.25, 0.3) is 0 Å². The van der Waals surface area contributed by atoms with Crippen molar-refractivity contribution in [1.29, 1.82) is 0 Å². The van der Waals surface area contributed by atoms with E-state index in [1.807, 2.05) is 0 Å². The molecule has 1 rings (SSSR count). The molecule has 20 heavy (non-hydrogen) atoms. The molecule has 0 aromatic heterocycles. The molecule has 4 N–H and O–H groups in total. The first-order valence-electron chi connectivity index (χ1n) is 8.05. The largest absolute Gasteiger partial charge is 0.300 e. The van der Waals surface area contributed by atoms with Gasteiger partial charge in [0.15, 0.2) is 0 Å². The molecule has 0 spiro atoms. The molecule has 0 amide bonds. The van der Waals surface area contributed by atoms with Crippen LogP contribution in [0.2, 0.25) is 0 Å². The number of hydrazone groups is 1. The van der Waals surface area contributed by atoms with E-state index in [9.17, 15) is 0 Å². The first kappa shape index (κ1) is 17.4. The summed E-state index contributed by atoms with van der Waals surface area (Å²) in [6.45, 7) is 2.10. The maximum Gasteiger partial charge on any atom is 0.201 e. The van der Waals surface area contributed by atoms with Gasteiger partial charge in [0, 0.05) is 5.71 Å². The maximum atomic E-state index is 5.23. The molecular formula is C15H30N4S. The highest BCUT2D eigenvalue weighted by Gasteiger charge is 2.13. The first-order chi connectivity index (χ1) is 9.74. The van der Waals surface area contributed by atoms with E-state index in [0.717, 1.165) is 5.71 Å². The van der Waals surface area contributed by atoms with Crippen LogP contribution in [0.4, 0.5) is 0 Å². The van der Waals surface area contributed by atoms with E-state index in [1.54, 1.807) is 0 Å². The van der Waals surface area contributed by atoms with Gasteiger partial charge in [0.1, 0.15) is 0 Å². The number of nitrogens with two attached hydrogens (primary N) is 1. The van der Waals surface area contributed by atoms with Gasteiger partial charge < -0.3 is 0 Å². The molecule has 0 atom stereocenters. The number of nitrogens with zero attached hydrogens (tertiary/aromatic N) is 1. The van der Waals surface area contributed by atoms with Crippen LogP contribution in [0, 0.1) is 5.92 Å². The molecule has 1 saturated carbocycles. The summed E-state index contributed by atoms with van der Waals surface area (Å²) in [6, 6.07) is 0. The van der Waals surface area contributed by atoms with Crippen molar-refractivity contribution < 1.29 is 0 Å². The lowest BCUT2D eigenvalue weighted by Crippen LogP contribution is -2.37. The van der Waals surface area contributed by atoms with Gasteiger partial charge in [-0.25, -0.2) is 5.84 Å². The summed E-state index contributed by atoms with van der Waals surface area (Å²) in [5.41, 5.74) is 6.34. The van der Waals surface area contributed by atoms with Gasteiger partial charge in [-0.05, 0) is 37.9 Å². The molecule has 116 valence electrons. The third-order valence-electron chi connectivity index (χ3n) is 4.16. The Morgan fingerprint density at radius 1 is 0.950 bits per heavy atom. The lowest BCUT2D eigenvalue weighted by molar-refractivity contribution is 0.463. The second-order valence-electron chi connectivity index (χ2n) is 5.79. The number of hydrazine groups is 1. The van der Waals surface area contributed by atoms with E-state index in [4.69, 9.17) is 18.1 Å². The second-order valence-corrected chi connectivity index (χ2v) is 6.20. The number of hydrogen-bond donors (Lipinski definition) is 3. The predicted octanol–water partition coefficient (Wildman–Crippen LogP) is 3.62. The summed E-state index contributed by atoms with van der Waals surface area (Å²) in [5.74, 6) is 5.82. The summed E-state index contributed by atoms with van der Waals surface area (Å²) in [4.78, 5) is 0. The Labute approximate surface area is 128 Å². The molecule has 0 saturated heterocycles. The zero-order chi connectivity index (χ0) is 14.6. The monoisotopic (exact) mass is 298 g/mol. The summed E-state index contributed by atoms with van der Waals surface area (Å²) >= 11 is 4.94. The summed E-state index contributed by atoms with van der Waals surface area (Å²) in [5, 5.41) is 4.74. The minimum absolute atomic E-state index is 0.373. The number of nitrogens with one attached hydrogen (secondary N) is 2. The van der Waals surface area contributed by atoms with Gasteiger partial charge in [0.05, 0.1) is 0 Å². The molecule has 0 aromatic rings. The fourth-order valence-electron chi connectivity index (χ4n) is 2.84. The SMILES string of the molecule is CC(=NNC(=S)NN)C1CCCCCCCCCCC1. The van der Waals surface area contributed by atoms with Crippen LogP contribution in [0.3, 0.4) is 0 Å². The minimum Gasteiger partial charge on any atom is -0.300 e. The quantitative estimate of drug-likeness (QED) is 0.315. The van der Waals surface area contributed by atoms with Crippen LogP contribution in [0.25, 0.3) is 0 Å². The summed E-state index contributed by atoms with van der Waals surface area (Å²) in [7, 11) is 0. The van der Waals surface area contributed by atoms with Crippen molar-refractivity contribution in [1.82, 2.24) is 10.9 Å². The Kier molecular flexibility index (Phi) is 9.58. The van der Waals surface area contributed by atoms with Gasteiger partial charge in [-0.15, -0.1) is 0 Å². The van der Waals surface area contributed by atoms with Gasteiger partial charge in [0.2, 0.25) is 5.11 Å². The van der Waals surface area contributed by atoms with Crippen molar-refractivity contribution in [2.45, 2.75) is 77.6 Å². The van der Waals surface area contributed by atoms with Crippen molar-refractivity contribution >= 4 is 23.0 Å². The van der Waals surface area contributed by atoms with Crippen LogP contribution < -0.4 is 16.7 Å². The second kappa shape index (κ2) is 11.0. The molecule has 0 unspecified atom stereocenters. The average molecular weight is 298 g/mol. The van der Waals surface area contributed by atoms with Crippen molar-refractivity contribution in [3.8, 4) is 0 Å². The van der Waals surface area contributed by atoms with Crippen molar-refractivity contribution in [3.05, 3.63) is 0 Å². The van der Waals surface area contributed by atoms with E-state index >= 15 is 0 Å². The average Bonchev–Trinajstić information content (AvgIpc) is 2.45. The zero-order valence-corrected chi connectivity index (χ0v) is 13.6. The molecular weight excluding hydrogens is 268 g/mol. The standard InChI is InChI=1S/C15H30N4S/c1-13(18-19-15(20)17-16)14-11-9-7-5-3-2-4-6-8-10-12-14/h14H,2-12,16H2,1H3,(H2,17,19,20). The topological polar surface area (TPSA) is 62.4 Å². The van der Waals surface area contributed by atoms with E-state index in [0.29, 0.717) is 11.0 Å². The molecule has 1 aliphatic rings. The molecule has 1 fully saturated rings. The molecule has 4 nitrogen and oxygen atoms in total. The van der Waals surface area contributed by atoms with Crippen molar-refractivity contribution in [2.24, 2.45) is 16.9 Å². The summed E-state index contributed by atoms with van der Waals surface area (Å²) in [6.07, 6.45) is 14.9. The van der Waals surface area contributed by atoms with Crippen LogP contribution >= 0.6 is 12.2 Å². The van der Waals surface area contributed by atoms with Crippen LogP contribution in [-0.4, -0.2) is 10.8 Å². The molecule has 0 aliphatic heterocycles. The smallest absolute Gasteiger partial charge is 0.201 e. The highest BCUT2D eigenvalue weighted by molar-refractivity contribution is 7.80. The molecule has 0 heterocycles. The highest BCUT2D eigenvalue weighted by atomic mass is 32.1. The fraction of sp³-hybridized carbons (Fsp3) is 0.867. The molecule has 0 radical (unpaired) electrons. The van der Waals surface area contributed by atoms with Crippen LogP contribution in [-0.2, 0) is 0 Å². The molecule has 0 aromatic carbocycles. The Bertz CT molecular complexity index is 292. The van der Waals surface area contributed by atoms with Crippen LogP contribution in [0.1, 0.15) is 77.6 Å². The lowest BCUT2D eigenvalue weighted by Gasteiger charge is -2.18. The Morgan fingerprint density at radius 2 is 1.40 bits per heavy atom. The molecule has 1 aliphatic carbocycles. The van der Waals surface area contributed by atoms with Gasteiger partial charge in [-0.3, -0.25) is 10.9 Å². The Hall–Kier alpha value is -0.680. The van der Waals surface area contributed by atoms with Crippen molar-refractivity contribution in [3.63, 3.8) is 0 Å². The van der Waals surface area contributed by atoms with E-state index in [1.165, 1.54) is 70.6 Å². The third kappa shape index (κ3) is 7.80. The normalized spacial score (nSPS) is 20.6. The van der Waals surface area contributed by atoms with Crippen LogP contribution in [0.15, 0.2) is 5.10 Å². The van der Waals surface area contributed by atoms with Crippen LogP contribution in [0.5, 0.6) is 0 Å². The number of rotatable bonds is 2. The number of thiocarbonyl (C=S) groups is 1. The zero-order valence-electron chi connectivity index (χ0n) is 12.8. The number of hydrogen-bond acceptors (Lipinski definition) is 3. The fourth-order valence-corrected chi connectivity index (χ4v) is 2.89. The molecule has 0 bridgehead atoms. The van der Waals surface area contributed by atoms with E-state index in [2.05, 4.69) is 22.9 Å². The maximum absolute atomic E-state index is 5.23. The van der Waals surface area contributed by atoms with Gasteiger partial charge >= 0.3 is 0 Å².